The Bertz CT molecular complexity index is 570. The second-order valence-electron chi connectivity index (χ2n) is 7.05. The summed E-state index contributed by atoms with van der Waals surface area (Å²) in [6, 6.07) is 17.4. The SMILES string of the molecule is c1ccc2c(c1)CC(OCCCCOC1Cc3ccccc3C1)C2. The molecule has 0 radical (unpaired) electrons. The van der Waals surface area contributed by atoms with E-state index in [4.69, 9.17) is 9.47 Å². The van der Waals surface area contributed by atoms with E-state index in [1.807, 2.05) is 0 Å². The Hall–Kier alpha value is -1.64. The van der Waals surface area contributed by atoms with Crippen molar-refractivity contribution < 1.29 is 9.47 Å². The summed E-state index contributed by atoms with van der Waals surface area (Å²) in [5, 5.41) is 0. The van der Waals surface area contributed by atoms with E-state index >= 15 is 0 Å². The Morgan fingerprint density at radius 2 is 0.917 bits per heavy atom. The van der Waals surface area contributed by atoms with Crippen molar-refractivity contribution in [2.75, 3.05) is 13.2 Å². The lowest BCUT2D eigenvalue weighted by atomic mass is 10.1. The number of unbranched alkanes of at least 4 members (excludes halogenated alkanes) is 1. The van der Waals surface area contributed by atoms with Crippen LogP contribution < -0.4 is 0 Å². The highest BCUT2D eigenvalue weighted by Gasteiger charge is 2.22. The Labute approximate surface area is 144 Å². The van der Waals surface area contributed by atoms with E-state index in [2.05, 4.69) is 48.5 Å². The molecular weight excluding hydrogens is 296 g/mol. The first-order valence-electron chi connectivity index (χ1n) is 9.25. The third-order valence-corrected chi connectivity index (χ3v) is 5.27. The molecule has 0 N–H and O–H groups in total. The van der Waals surface area contributed by atoms with Gasteiger partial charge in [-0.25, -0.2) is 0 Å². The Balaban J connectivity index is 1.09. The molecule has 0 aromatic heterocycles. The number of benzene rings is 2. The normalized spacial score (nSPS) is 17.2. The van der Waals surface area contributed by atoms with Crippen molar-refractivity contribution in [2.45, 2.75) is 50.7 Å². The van der Waals surface area contributed by atoms with Crippen LogP contribution in [-0.4, -0.2) is 25.4 Å². The number of rotatable bonds is 7. The molecule has 0 unspecified atom stereocenters. The maximum atomic E-state index is 6.05. The molecular formula is C22H26O2. The summed E-state index contributed by atoms with van der Waals surface area (Å²) in [7, 11) is 0. The maximum absolute atomic E-state index is 6.05. The van der Waals surface area contributed by atoms with Crippen LogP contribution in [-0.2, 0) is 35.2 Å². The predicted molar refractivity (Wildman–Crippen MR) is 96.4 cm³/mol. The van der Waals surface area contributed by atoms with Gasteiger partial charge in [0.1, 0.15) is 0 Å². The molecule has 0 heterocycles. The molecule has 2 aromatic carbocycles. The molecule has 2 heteroatoms. The van der Waals surface area contributed by atoms with Crippen LogP contribution in [0.15, 0.2) is 48.5 Å². The third kappa shape index (κ3) is 3.71. The fraction of sp³-hybridized carbons (Fsp3) is 0.455. The van der Waals surface area contributed by atoms with Gasteiger partial charge in [0.05, 0.1) is 12.2 Å². The fourth-order valence-corrected chi connectivity index (χ4v) is 3.98. The molecule has 0 fully saturated rings. The highest BCUT2D eigenvalue weighted by molar-refractivity contribution is 5.33. The molecule has 24 heavy (non-hydrogen) atoms. The van der Waals surface area contributed by atoms with Crippen LogP contribution in [0.5, 0.6) is 0 Å². The summed E-state index contributed by atoms with van der Waals surface area (Å²) >= 11 is 0. The molecule has 0 saturated heterocycles. The first-order chi connectivity index (χ1) is 11.9. The van der Waals surface area contributed by atoms with Gasteiger partial charge in [-0.3, -0.25) is 0 Å². The van der Waals surface area contributed by atoms with Crippen LogP contribution in [0.3, 0.4) is 0 Å². The molecule has 0 bridgehead atoms. The van der Waals surface area contributed by atoms with Crippen molar-refractivity contribution in [1.29, 1.82) is 0 Å². The average Bonchev–Trinajstić information content (AvgIpc) is 3.20. The van der Waals surface area contributed by atoms with Gasteiger partial charge >= 0.3 is 0 Å². The lowest BCUT2D eigenvalue weighted by Gasteiger charge is -2.13. The zero-order chi connectivity index (χ0) is 16.2. The van der Waals surface area contributed by atoms with E-state index in [-0.39, 0.29) is 0 Å². The van der Waals surface area contributed by atoms with Crippen LogP contribution in [0, 0.1) is 0 Å². The van der Waals surface area contributed by atoms with Gasteiger partial charge in [-0.15, -0.1) is 0 Å². The minimum Gasteiger partial charge on any atom is -0.378 e. The van der Waals surface area contributed by atoms with Crippen molar-refractivity contribution in [3.63, 3.8) is 0 Å². The van der Waals surface area contributed by atoms with Crippen molar-refractivity contribution in [1.82, 2.24) is 0 Å². The van der Waals surface area contributed by atoms with Gasteiger partial charge in [0.15, 0.2) is 0 Å². The van der Waals surface area contributed by atoms with E-state index in [1.54, 1.807) is 0 Å². The summed E-state index contributed by atoms with van der Waals surface area (Å²) in [6.07, 6.45) is 7.25. The summed E-state index contributed by atoms with van der Waals surface area (Å²) in [6.45, 7) is 1.71. The smallest absolute Gasteiger partial charge is 0.0655 e. The second kappa shape index (κ2) is 7.50. The Kier molecular flexibility index (Phi) is 4.96. The van der Waals surface area contributed by atoms with Gasteiger partial charge in [-0.05, 0) is 60.8 Å². The molecule has 0 saturated carbocycles. The number of fused-ring (bicyclic) bond motifs is 2. The lowest BCUT2D eigenvalue weighted by Crippen LogP contribution is -2.15. The fourth-order valence-electron chi connectivity index (χ4n) is 3.98. The summed E-state index contributed by atoms with van der Waals surface area (Å²) in [5.41, 5.74) is 5.86. The second-order valence-corrected chi connectivity index (χ2v) is 7.05. The summed E-state index contributed by atoms with van der Waals surface area (Å²) < 4.78 is 12.1. The van der Waals surface area contributed by atoms with Crippen LogP contribution in [0.1, 0.15) is 35.1 Å². The molecule has 2 nitrogen and oxygen atoms in total. The molecule has 0 atom stereocenters. The van der Waals surface area contributed by atoms with Crippen molar-refractivity contribution in [2.24, 2.45) is 0 Å². The van der Waals surface area contributed by atoms with E-state index in [0.29, 0.717) is 12.2 Å². The summed E-state index contributed by atoms with van der Waals surface area (Å²) in [4.78, 5) is 0. The first kappa shape index (κ1) is 15.9. The molecule has 126 valence electrons. The largest absolute Gasteiger partial charge is 0.378 e. The van der Waals surface area contributed by atoms with Gasteiger partial charge < -0.3 is 9.47 Å². The van der Waals surface area contributed by atoms with Gasteiger partial charge in [0.2, 0.25) is 0 Å². The van der Waals surface area contributed by atoms with Crippen molar-refractivity contribution >= 4 is 0 Å². The molecule has 0 aliphatic heterocycles. The number of hydrogen-bond acceptors (Lipinski definition) is 2. The van der Waals surface area contributed by atoms with E-state index in [9.17, 15) is 0 Å². The standard InChI is InChI=1S/C22H26O2/c1-2-8-18-14-21(13-17(18)7-1)23-11-5-6-12-24-22-15-19-9-3-4-10-20(19)16-22/h1-4,7-10,21-22H,5-6,11-16H2. The minimum atomic E-state index is 0.382. The van der Waals surface area contributed by atoms with E-state index in [0.717, 1.165) is 51.7 Å². The molecule has 2 aliphatic carbocycles. The molecule has 2 aromatic rings. The molecule has 2 aliphatic rings. The van der Waals surface area contributed by atoms with Gasteiger partial charge in [-0.1, -0.05) is 48.5 Å². The Morgan fingerprint density at radius 1 is 0.583 bits per heavy atom. The molecule has 0 spiro atoms. The van der Waals surface area contributed by atoms with Gasteiger partial charge in [-0.2, -0.15) is 0 Å². The lowest BCUT2D eigenvalue weighted by molar-refractivity contribution is 0.0360. The Morgan fingerprint density at radius 3 is 1.25 bits per heavy atom. The van der Waals surface area contributed by atoms with Crippen LogP contribution in [0.4, 0.5) is 0 Å². The maximum Gasteiger partial charge on any atom is 0.0655 e. The quantitative estimate of drug-likeness (QED) is 0.714. The van der Waals surface area contributed by atoms with Crippen molar-refractivity contribution in [3.8, 4) is 0 Å². The van der Waals surface area contributed by atoms with Crippen molar-refractivity contribution in [3.05, 3.63) is 70.8 Å². The first-order valence-corrected chi connectivity index (χ1v) is 9.25. The molecule has 4 rings (SSSR count). The zero-order valence-corrected chi connectivity index (χ0v) is 14.2. The topological polar surface area (TPSA) is 18.5 Å². The number of ether oxygens (including phenoxy) is 2. The molecule has 0 amide bonds. The zero-order valence-electron chi connectivity index (χ0n) is 14.2. The van der Waals surface area contributed by atoms with Gasteiger partial charge in [0.25, 0.3) is 0 Å². The van der Waals surface area contributed by atoms with E-state index < -0.39 is 0 Å². The van der Waals surface area contributed by atoms with Crippen LogP contribution in [0.2, 0.25) is 0 Å². The van der Waals surface area contributed by atoms with Crippen LogP contribution >= 0.6 is 0 Å². The summed E-state index contributed by atoms with van der Waals surface area (Å²) in [5.74, 6) is 0. The minimum absolute atomic E-state index is 0.382. The van der Waals surface area contributed by atoms with Crippen LogP contribution in [0.25, 0.3) is 0 Å². The average molecular weight is 322 g/mol. The number of hydrogen-bond donors (Lipinski definition) is 0. The highest BCUT2D eigenvalue weighted by Crippen LogP contribution is 2.25. The predicted octanol–water partition coefficient (Wildman–Crippen LogP) is 4.13. The monoisotopic (exact) mass is 322 g/mol. The third-order valence-electron chi connectivity index (χ3n) is 5.27. The highest BCUT2D eigenvalue weighted by atomic mass is 16.5. The van der Waals surface area contributed by atoms with E-state index in [1.165, 1.54) is 22.3 Å². The van der Waals surface area contributed by atoms with Gasteiger partial charge in [0, 0.05) is 13.2 Å².